The van der Waals surface area contributed by atoms with Gasteiger partial charge in [0, 0.05) is 32.1 Å². The molecule has 20 heavy (non-hydrogen) atoms. The Morgan fingerprint density at radius 1 is 1.15 bits per heavy atom. The van der Waals surface area contributed by atoms with Crippen LogP contribution >= 0.6 is 0 Å². The predicted molar refractivity (Wildman–Crippen MR) is 86.2 cm³/mol. The highest BCUT2D eigenvalue weighted by atomic mass is 28.3. The molecule has 1 aromatic heterocycles. The van der Waals surface area contributed by atoms with Crippen LogP contribution in [0.1, 0.15) is 0 Å². The number of ether oxygens (including phenoxy) is 1. The normalized spacial score (nSPS) is 11.8. The zero-order chi connectivity index (χ0) is 14.6. The van der Waals surface area contributed by atoms with Gasteiger partial charge in [-0.25, -0.2) is 4.68 Å². The maximum Gasteiger partial charge on any atom is 0.139 e. The molecule has 1 heterocycles. The zero-order valence-electron chi connectivity index (χ0n) is 12.5. The first-order chi connectivity index (χ1) is 9.44. The minimum Gasteiger partial charge on any atom is -0.399 e. The molecule has 1 aromatic carbocycles. The fourth-order valence-corrected chi connectivity index (χ4v) is 2.53. The first-order valence-electron chi connectivity index (χ1n) is 6.91. The van der Waals surface area contributed by atoms with Crippen LogP contribution in [0.5, 0.6) is 0 Å². The zero-order valence-corrected chi connectivity index (χ0v) is 13.5. The second-order valence-corrected chi connectivity index (χ2v) is 11.8. The van der Waals surface area contributed by atoms with E-state index in [9.17, 15) is 0 Å². The molecule has 0 saturated carbocycles. The van der Waals surface area contributed by atoms with Crippen LogP contribution in [0, 0.1) is 0 Å². The Morgan fingerprint density at radius 2 is 1.85 bits per heavy atom. The summed E-state index contributed by atoms with van der Waals surface area (Å²) in [6.45, 7) is 8.38. The monoisotopic (exact) mass is 289 g/mol. The number of anilines is 1. The molecule has 4 nitrogen and oxygen atoms in total. The van der Waals surface area contributed by atoms with Gasteiger partial charge in [0.15, 0.2) is 0 Å². The van der Waals surface area contributed by atoms with E-state index in [1.807, 2.05) is 41.2 Å². The number of benzene rings is 1. The van der Waals surface area contributed by atoms with E-state index >= 15 is 0 Å². The minimum absolute atomic E-state index is 0.513. The van der Waals surface area contributed by atoms with Gasteiger partial charge >= 0.3 is 0 Å². The molecule has 0 unspecified atom stereocenters. The van der Waals surface area contributed by atoms with E-state index < -0.39 is 8.07 Å². The van der Waals surface area contributed by atoms with Gasteiger partial charge in [0.2, 0.25) is 0 Å². The number of hydrogen-bond acceptors (Lipinski definition) is 3. The lowest BCUT2D eigenvalue weighted by atomic mass is 10.1. The largest absolute Gasteiger partial charge is 0.399 e. The van der Waals surface area contributed by atoms with Crippen LogP contribution in [0.25, 0.3) is 11.3 Å². The SMILES string of the molecule is C[Si](C)(C)CCOCn1ccc(-c2ccc(N)cc2)n1. The van der Waals surface area contributed by atoms with E-state index in [1.54, 1.807) is 0 Å². The molecule has 2 rings (SSSR count). The van der Waals surface area contributed by atoms with E-state index in [1.165, 1.54) is 6.04 Å². The summed E-state index contributed by atoms with van der Waals surface area (Å²) in [7, 11) is -1.01. The second kappa shape index (κ2) is 6.24. The lowest BCUT2D eigenvalue weighted by molar-refractivity contribution is 0.0787. The highest BCUT2D eigenvalue weighted by Crippen LogP contribution is 2.18. The standard InChI is InChI=1S/C15H23N3OSi/c1-20(2,3)11-10-19-12-18-9-8-15(17-18)13-4-6-14(16)7-5-13/h4-9H,10-12,16H2,1-3H3. The summed E-state index contributed by atoms with van der Waals surface area (Å²) in [6.07, 6.45) is 1.94. The molecule has 5 heteroatoms. The van der Waals surface area contributed by atoms with Crippen molar-refractivity contribution in [1.82, 2.24) is 9.78 Å². The van der Waals surface area contributed by atoms with Crippen LogP contribution in [0.3, 0.4) is 0 Å². The average Bonchev–Trinajstić information content (AvgIpc) is 2.83. The van der Waals surface area contributed by atoms with Crippen molar-refractivity contribution in [2.24, 2.45) is 0 Å². The van der Waals surface area contributed by atoms with Gasteiger partial charge in [0.05, 0.1) is 5.69 Å². The molecule has 0 spiro atoms. The molecule has 0 atom stereocenters. The average molecular weight is 289 g/mol. The number of aromatic nitrogens is 2. The van der Waals surface area contributed by atoms with Gasteiger partial charge in [-0.3, -0.25) is 0 Å². The van der Waals surface area contributed by atoms with E-state index in [0.717, 1.165) is 23.6 Å². The van der Waals surface area contributed by atoms with Crippen molar-refractivity contribution in [2.75, 3.05) is 12.3 Å². The molecule has 0 fully saturated rings. The topological polar surface area (TPSA) is 53.1 Å². The summed E-state index contributed by atoms with van der Waals surface area (Å²) in [6, 6.07) is 10.9. The molecule has 0 saturated heterocycles. The summed E-state index contributed by atoms with van der Waals surface area (Å²) in [4.78, 5) is 0. The van der Waals surface area contributed by atoms with Crippen LogP contribution in [-0.4, -0.2) is 24.5 Å². The molecule has 108 valence electrons. The summed E-state index contributed by atoms with van der Waals surface area (Å²) >= 11 is 0. The van der Waals surface area contributed by atoms with Crippen molar-refractivity contribution >= 4 is 13.8 Å². The summed E-state index contributed by atoms with van der Waals surface area (Å²) in [5.41, 5.74) is 8.46. The van der Waals surface area contributed by atoms with Gasteiger partial charge in [0.1, 0.15) is 6.73 Å². The van der Waals surface area contributed by atoms with Crippen molar-refractivity contribution in [3.05, 3.63) is 36.5 Å². The van der Waals surface area contributed by atoms with Gasteiger partial charge < -0.3 is 10.5 Å². The van der Waals surface area contributed by atoms with Crippen LogP contribution in [-0.2, 0) is 11.5 Å². The van der Waals surface area contributed by atoms with Crippen LogP contribution in [0.2, 0.25) is 25.7 Å². The Bertz CT molecular complexity index is 543. The number of nitrogen functional groups attached to an aromatic ring is 1. The van der Waals surface area contributed by atoms with Crippen molar-refractivity contribution in [3.63, 3.8) is 0 Å². The number of nitrogens with zero attached hydrogens (tertiary/aromatic N) is 2. The Morgan fingerprint density at radius 3 is 2.50 bits per heavy atom. The van der Waals surface area contributed by atoms with Crippen LogP contribution in [0.4, 0.5) is 5.69 Å². The van der Waals surface area contributed by atoms with Crippen LogP contribution < -0.4 is 5.73 Å². The van der Waals surface area contributed by atoms with E-state index in [2.05, 4.69) is 24.7 Å². The molecule has 2 aromatic rings. The highest BCUT2D eigenvalue weighted by molar-refractivity contribution is 6.76. The number of nitrogens with two attached hydrogens (primary N) is 1. The third kappa shape index (κ3) is 4.50. The van der Waals surface area contributed by atoms with Gasteiger partial charge in [-0.1, -0.05) is 31.8 Å². The van der Waals surface area contributed by atoms with Crippen molar-refractivity contribution in [3.8, 4) is 11.3 Å². The van der Waals surface area contributed by atoms with Gasteiger partial charge in [0.25, 0.3) is 0 Å². The molecular weight excluding hydrogens is 266 g/mol. The first kappa shape index (κ1) is 14.8. The Balaban J connectivity index is 1.88. The molecule has 0 aliphatic heterocycles. The smallest absolute Gasteiger partial charge is 0.139 e. The lowest BCUT2D eigenvalue weighted by Gasteiger charge is -2.15. The fraction of sp³-hybridized carbons (Fsp3) is 0.400. The molecule has 0 bridgehead atoms. The maximum absolute atomic E-state index is 5.68. The third-order valence-electron chi connectivity index (χ3n) is 3.07. The summed E-state index contributed by atoms with van der Waals surface area (Å²) < 4.78 is 7.51. The van der Waals surface area contributed by atoms with Gasteiger partial charge in [-0.05, 0) is 24.2 Å². The van der Waals surface area contributed by atoms with E-state index in [4.69, 9.17) is 10.5 Å². The molecular formula is C15H23N3OSi. The van der Waals surface area contributed by atoms with Crippen molar-refractivity contribution in [1.29, 1.82) is 0 Å². The Kier molecular flexibility index (Phi) is 4.62. The third-order valence-corrected chi connectivity index (χ3v) is 4.77. The van der Waals surface area contributed by atoms with E-state index in [0.29, 0.717) is 6.73 Å². The predicted octanol–water partition coefficient (Wildman–Crippen LogP) is 3.44. The maximum atomic E-state index is 5.68. The summed E-state index contributed by atoms with van der Waals surface area (Å²) in [5, 5.41) is 4.51. The first-order valence-corrected chi connectivity index (χ1v) is 10.6. The van der Waals surface area contributed by atoms with Gasteiger partial charge in [-0.2, -0.15) is 5.10 Å². The van der Waals surface area contributed by atoms with Crippen LogP contribution in [0.15, 0.2) is 36.5 Å². The quantitative estimate of drug-likeness (QED) is 0.503. The second-order valence-electron chi connectivity index (χ2n) is 6.21. The fourth-order valence-electron chi connectivity index (χ4n) is 1.78. The molecule has 0 radical (unpaired) electrons. The van der Waals surface area contributed by atoms with Crippen molar-refractivity contribution in [2.45, 2.75) is 32.4 Å². The minimum atomic E-state index is -1.01. The lowest BCUT2D eigenvalue weighted by Crippen LogP contribution is -2.22. The number of hydrogen-bond donors (Lipinski definition) is 1. The van der Waals surface area contributed by atoms with Gasteiger partial charge in [-0.15, -0.1) is 0 Å². The Hall–Kier alpha value is -1.59. The summed E-state index contributed by atoms with van der Waals surface area (Å²) in [5.74, 6) is 0. The molecule has 0 aliphatic rings. The molecule has 2 N–H and O–H groups in total. The van der Waals surface area contributed by atoms with E-state index in [-0.39, 0.29) is 0 Å². The van der Waals surface area contributed by atoms with Crippen molar-refractivity contribution < 1.29 is 4.74 Å². The molecule has 0 amide bonds. The number of rotatable bonds is 6. The molecule has 0 aliphatic carbocycles. The highest BCUT2D eigenvalue weighted by Gasteiger charge is 2.12. The Labute approximate surface area is 121 Å².